The predicted molar refractivity (Wildman–Crippen MR) is 163 cm³/mol. The van der Waals surface area contributed by atoms with Crippen molar-refractivity contribution in [2.75, 3.05) is 24.0 Å². The van der Waals surface area contributed by atoms with Gasteiger partial charge in [-0.25, -0.2) is 8.42 Å². The lowest BCUT2D eigenvalue weighted by molar-refractivity contribution is -0.139. The molecule has 0 aliphatic rings. The second-order valence-corrected chi connectivity index (χ2v) is 12.0. The Morgan fingerprint density at radius 2 is 1.56 bits per heavy atom. The minimum absolute atomic E-state index is 0.0121. The zero-order chi connectivity index (χ0) is 30.0. The highest BCUT2D eigenvalue weighted by atomic mass is 35.5. The molecule has 0 aliphatic carbocycles. The molecule has 0 spiro atoms. The van der Waals surface area contributed by atoms with Gasteiger partial charge in [-0.1, -0.05) is 48.9 Å². The molecule has 220 valence electrons. The molecule has 0 saturated heterocycles. The summed E-state index contributed by atoms with van der Waals surface area (Å²) in [4.78, 5) is 28.5. The summed E-state index contributed by atoms with van der Waals surface area (Å²) in [6.45, 7) is 7.56. The molecule has 0 heterocycles. The van der Waals surface area contributed by atoms with E-state index in [1.54, 1.807) is 31.2 Å². The first-order valence-corrected chi connectivity index (χ1v) is 15.5. The van der Waals surface area contributed by atoms with E-state index in [1.807, 2.05) is 51.1 Å². The highest BCUT2D eigenvalue weighted by molar-refractivity contribution is 7.92. The molecule has 0 radical (unpaired) electrons. The summed E-state index contributed by atoms with van der Waals surface area (Å²) in [6, 6.07) is 21.0. The van der Waals surface area contributed by atoms with Crippen molar-refractivity contribution in [2.45, 2.75) is 57.5 Å². The smallest absolute Gasteiger partial charge is 0.264 e. The number of rotatable bonds is 14. The van der Waals surface area contributed by atoms with Crippen LogP contribution in [0.1, 0.15) is 39.7 Å². The second-order valence-electron chi connectivity index (χ2n) is 9.71. The fourth-order valence-electron chi connectivity index (χ4n) is 4.17. The average Bonchev–Trinajstić information content (AvgIpc) is 2.97. The standard InChI is InChI=1S/C31H38ClN3O5S/c1-5-23(3)33-31(37)24(4)34(21-20-25-10-8-7-9-11-25)30(36)22-35(27-14-16-28(17-15-27)40-6-2)41(38,39)29-18-12-26(32)13-19-29/h7-19,23-24H,5-6,20-22H2,1-4H3,(H,33,37)/t23-,24-/m0/s1. The third-order valence-electron chi connectivity index (χ3n) is 6.77. The van der Waals surface area contributed by atoms with Gasteiger partial charge in [0, 0.05) is 17.6 Å². The topological polar surface area (TPSA) is 96.0 Å². The van der Waals surface area contributed by atoms with Gasteiger partial charge in [0.1, 0.15) is 18.3 Å². The highest BCUT2D eigenvalue weighted by Gasteiger charge is 2.32. The van der Waals surface area contributed by atoms with Crippen LogP contribution in [0.5, 0.6) is 5.75 Å². The molecule has 41 heavy (non-hydrogen) atoms. The quantitative estimate of drug-likeness (QED) is 0.271. The maximum atomic E-state index is 13.9. The first kappa shape index (κ1) is 32.0. The van der Waals surface area contributed by atoms with Crippen molar-refractivity contribution in [3.63, 3.8) is 0 Å². The van der Waals surface area contributed by atoms with Crippen LogP contribution in [-0.4, -0.2) is 56.9 Å². The van der Waals surface area contributed by atoms with Gasteiger partial charge < -0.3 is 15.0 Å². The van der Waals surface area contributed by atoms with Crippen LogP contribution in [0.15, 0.2) is 83.8 Å². The molecule has 3 rings (SSSR count). The van der Waals surface area contributed by atoms with Crippen LogP contribution in [0.4, 0.5) is 5.69 Å². The Hall–Kier alpha value is -3.56. The minimum Gasteiger partial charge on any atom is -0.494 e. The predicted octanol–water partition coefficient (Wildman–Crippen LogP) is 5.31. The second kappa shape index (κ2) is 14.9. The SMILES string of the molecule is CCOc1ccc(N(CC(=O)N(CCc2ccccc2)[C@@H](C)C(=O)N[C@@H](C)CC)S(=O)(=O)c2ccc(Cl)cc2)cc1. The monoisotopic (exact) mass is 599 g/mol. The highest BCUT2D eigenvalue weighted by Crippen LogP contribution is 2.27. The first-order chi connectivity index (χ1) is 19.6. The zero-order valence-corrected chi connectivity index (χ0v) is 25.5. The number of halogens is 1. The number of hydrogen-bond acceptors (Lipinski definition) is 5. The Bertz CT molecular complexity index is 1380. The van der Waals surface area contributed by atoms with Gasteiger partial charge in [-0.05, 0) is 87.7 Å². The fourth-order valence-corrected chi connectivity index (χ4v) is 5.71. The largest absolute Gasteiger partial charge is 0.494 e. The normalized spacial score (nSPS) is 12.7. The van der Waals surface area contributed by atoms with Crippen molar-refractivity contribution in [2.24, 2.45) is 0 Å². The molecule has 0 unspecified atom stereocenters. The van der Waals surface area contributed by atoms with Gasteiger partial charge in [0.15, 0.2) is 0 Å². The summed E-state index contributed by atoms with van der Waals surface area (Å²) in [5.41, 5.74) is 1.29. The molecule has 0 aliphatic heterocycles. The number of nitrogens with one attached hydrogen (secondary N) is 1. The van der Waals surface area contributed by atoms with Gasteiger partial charge in [-0.2, -0.15) is 0 Å². The molecule has 0 aromatic heterocycles. The molecule has 10 heteroatoms. The number of benzene rings is 3. The van der Waals surface area contributed by atoms with E-state index in [0.717, 1.165) is 16.3 Å². The van der Waals surface area contributed by atoms with Crippen LogP contribution < -0.4 is 14.4 Å². The van der Waals surface area contributed by atoms with E-state index in [0.29, 0.717) is 23.8 Å². The van der Waals surface area contributed by atoms with E-state index in [2.05, 4.69) is 5.32 Å². The maximum absolute atomic E-state index is 13.9. The lowest BCUT2D eigenvalue weighted by Crippen LogP contribution is -2.53. The van der Waals surface area contributed by atoms with Crippen molar-refractivity contribution < 1.29 is 22.7 Å². The van der Waals surface area contributed by atoms with Gasteiger partial charge in [-0.3, -0.25) is 13.9 Å². The first-order valence-electron chi connectivity index (χ1n) is 13.7. The van der Waals surface area contributed by atoms with Crippen LogP contribution in [0.2, 0.25) is 5.02 Å². The lowest BCUT2D eigenvalue weighted by Gasteiger charge is -2.32. The molecule has 3 aromatic carbocycles. The molecular formula is C31H38ClN3O5S. The summed E-state index contributed by atoms with van der Waals surface area (Å²) in [5.74, 6) is -0.223. The molecule has 0 bridgehead atoms. The number of hydrogen-bond donors (Lipinski definition) is 1. The molecule has 2 atom stereocenters. The number of carbonyl (C=O) groups is 2. The van der Waals surface area contributed by atoms with Crippen LogP contribution in [0.3, 0.4) is 0 Å². The number of amides is 2. The van der Waals surface area contributed by atoms with Crippen molar-refractivity contribution in [3.05, 3.63) is 89.4 Å². The number of ether oxygens (including phenoxy) is 1. The lowest BCUT2D eigenvalue weighted by atomic mass is 10.1. The van der Waals surface area contributed by atoms with E-state index in [4.69, 9.17) is 16.3 Å². The van der Waals surface area contributed by atoms with E-state index in [-0.39, 0.29) is 29.1 Å². The minimum atomic E-state index is -4.17. The molecule has 2 amide bonds. The van der Waals surface area contributed by atoms with Crippen molar-refractivity contribution in [3.8, 4) is 5.75 Å². The Kier molecular flexibility index (Phi) is 11.6. The van der Waals surface area contributed by atoms with Gasteiger partial charge in [0.2, 0.25) is 11.8 Å². The zero-order valence-electron chi connectivity index (χ0n) is 23.9. The average molecular weight is 600 g/mol. The third kappa shape index (κ3) is 8.71. The number of nitrogens with zero attached hydrogens (tertiary/aromatic N) is 2. The summed E-state index contributed by atoms with van der Waals surface area (Å²) in [5, 5.41) is 3.33. The van der Waals surface area contributed by atoms with Gasteiger partial charge >= 0.3 is 0 Å². The van der Waals surface area contributed by atoms with Gasteiger partial charge in [0.05, 0.1) is 17.2 Å². The summed E-state index contributed by atoms with van der Waals surface area (Å²) in [6.07, 6.45) is 1.24. The van der Waals surface area contributed by atoms with E-state index >= 15 is 0 Å². The van der Waals surface area contributed by atoms with Crippen molar-refractivity contribution in [1.29, 1.82) is 0 Å². The molecule has 0 saturated carbocycles. The molecule has 8 nitrogen and oxygen atoms in total. The number of sulfonamides is 1. The van der Waals surface area contributed by atoms with Crippen molar-refractivity contribution in [1.82, 2.24) is 10.2 Å². The van der Waals surface area contributed by atoms with Crippen LogP contribution >= 0.6 is 11.6 Å². The maximum Gasteiger partial charge on any atom is 0.264 e. The molecular weight excluding hydrogens is 562 g/mol. The number of carbonyl (C=O) groups excluding carboxylic acids is 2. The summed E-state index contributed by atoms with van der Waals surface area (Å²) < 4.78 is 34.3. The fraction of sp³-hybridized carbons (Fsp3) is 0.355. The number of anilines is 1. The van der Waals surface area contributed by atoms with E-state index in [9.17, 15) is 18.0 Å². The summed E-state index contributed by atoms with van der Waals surface area (Å²) >= 11 is 6.01. The van der Waals surface area contributed by atoms with Gasteiger partial charge in [-0.15, -0.1) is 0 Å². The molecule has 1 N–H and O–H groups in total. The third-order valence-corrected chi connectivity index (χ3v) is 8.81. The van der Waals surface area contributed by atoms with Gasteiger partial charge in [0.25, 0.3) is 10.0 Å². The van der Waals surface area contributed by atoms with Crippen LogP contribution in [0.25, 0.3) is 0 Å². The summed E-state index contributed by atoms with van der Waals surface area (Å²) in [7, 11) is -4.17. The van der Waals surface area contributed by atoms with Crippen LogP contribution in [-0.2, 0) is 26.0 Å². The Morgan fingerprint density at radius 1 is 0.927 bits per heavy atom. The van der Waals surface area contributed by atoms with E-state index < -0.39 is 28.5 Å². The van der Waals surface area contributed by atoms with E-state index in [1.165, 1.54) is 29.2 Å². The Balaban J connectivity index is 1.98. The Labute approximate surface area is 248 Å². The van der Waals surface area contributed by atoms with Crippen LogP contribution in [0, 0.1) is 0 Å². The van der Waals surface area contributed by atoms with Crippen molar-refractivity contribution >= 4 is 39.1 Å². The molecule has 3 aromatic rings. The molecule has 0 fully saturated rings. The Morgan fingerprint density at radius 3 is 2.15 bits per heavy atom.